The smallest absolute Gasteiger partial charge is 0.0656 e. The number of likely N-dealkylation sites (N-methyl/N-ethyl adjacent to an activating group) is 1. The molecule has 1 aromatic heterocycles. The summed E-state index contributed by atoms with van der Waals surface area (Å²) in [6.07, 6.45) is 0. The summed E-state index contributed by atoms with van der Waals surface area (Å²) in [5, 5.41) is 0. The van der Waals surface area contributed by atoms with Crippen LogP contribution in [0.15, 0.2) is 18.2 Å². The van der Waals surface area contributed by atoms with Crippen LogP contribution in [0.3, 0.4) is 0 Å². The summed E-state index contributed by atoms with van der Waals surface area (Å²) in [7, 11) is 1.71. The van der Waals surface area contributed by atoms with Gasteiger partial charge in [0.2, 0.25) is 0 Å². The van der Waals surface area contributed by atoms with E-state index in [0.717, 1.165) is 24.5 Å². The minimum absolute atomic E-state index is 0.144. The number of rotatable bonds is 7. The Morgan fingerprint density at radius 3 is 2.67 bits per heavy atom. The summed E-state index contributed by atoms with van der Waals surface area (Å²) in [5.74, 6) is 0. The maximum absolute atomic E-state index is 5.91. The molecule has 4 nitrogen and oxygen atoms in total. The lowest BCUT2D eigenvalue weighted by Crippen LogP contribution is -2.54. The number of nitrogens with zero attached hydrogens (tertiary/aromatic N) is 2. The summed E-state index contributed by atoms with van der Waals surface area (Å²) < 4.78 is 5.30. The Morgan fingerprint density at radius 1 is 1.44 bits per heavy atom. The zero-order valence-corrected chi connectivity index (χ0v) is 11.9. The first-order chi connectivity index (χ1) is 8.55. The van der Waals surface area contributed by atoms with Crippen molar-refractivity contribution >= 4 is 0 Å². The fraction of sp³-hybridized carbons (Fsp3) is 0.643. The van der Waals surface area contributed by atoms with Gasteiger partial charge < -0.3 is 10.5 Å². The van der Waals surface area contributed by atoms with E-state index in [2.05, 4.69) is 29.8 Å². The van der Waals surface area contributed by atoms with E-state index in [0.29, 0.717) is 13.2 Å². The highest BCUT2D eigenvalue weighted by atomic mass is 16.5. The summed E-state index contributed by atoms with van der Waals surface area (Å²) in [5.41, 5.74) is 7.89. The second-order valence-electron chi connectivity index (χ2n) is 4.92. The third kappa shape index (κ3) is 3.77. The van der Waals surface area contributed by atoms with Crippen LogP contribution in [0.5, 0.6) is 0 Å². The van der Waals surface area contributed by atoms with Gasteiger partial charge in [-0.1, -0.05) is 13.0 Å². The van der Waals surface area contributed by atoms with Crippen LogP contribution < -0.4 is 5.73 Å². The zero-order valence-electron chi connectivity index (χ0n) is 11.9. The lowest BCUT2D eigenvalue weighted by molar-refractivity contribution is 0.0242. The first-order valence-electron chi connectivity index (χ1n) is 6.42. The van der Waals surface area contributed by atoms with Crippen LogP contribution in [0.25, 0.3) is 0 Å². The van der Waals surface area contributed by atoms with Gasteiger partial charge in [0.15, 0.2) is 0 Å². The van der Waals surface area contributed by atoms with E-state index in [1.54, 1.807) is 7.11 Å². The third-order valence-electron chi connectivity index (χ3n) is 3.34. The van der Waals surface area contributed by atoms with E-state index >= 15 is 0 Å². The third-order valence-corrected chi connectivity index (χ3v) is 3.34. The van der Waals surface area contributed by atoms with E-state index in [1.807, 2.05) is 19.1 Å². The topological polar surface area (TPSA) is 51.4 Å². The monoisotopic (exact) mass is 251 g/mol. The largest absolute Gasteiger partial charge is 0.383 e. The Hall–Kier alpha value is -0.970. The molecule has 0 fully saturated rings. The lowest BCUT2D eigenvalue weighted by atomic mass is 10.0. The molecule has 0 aliphatic rings. The van der Waals surface area contributed by atoms with Gasteiger partial charge in [-0.05, 0) is 32.5 Å². The lowest BCUT2D eigenvalue weighted by Gasteiger charge is -2.39. The minimum Gasteiger partial charge on any atom is -0.383 e. The van der Waals surface area contributed by atoms with Crippen molar-refractivity contribution in [3.05, 3.63) is 29.6 Å². The van der Waals surface area contributed by atoms with Gasteiger partial charge in [-0.2, -0.15) is 0 Å². The molecule has 0 amide bonds. The van der Waals surface area contributed by atoms with Crippen LogP contribution in [-0.4, -0.2) is 42.2 Å². The molecule has 0 aliphatic carbocycles. The highest BCUT2D eigenvalue weighted by Crippen LogP contribution is 2.17. The van der Waals surface area contributed by atoms with Crippen molar-refractivity contribution in [2.75, 3.05) is 26.8 Å². The van der Waals surface area contributed by atoms with Crippen LogP contribution in [0.1, 0.15) is 25.2 Å². The average Bonchev–Trinajstić information content (AvgIpc) is 2.36. The fourth-order valence-corrected chi connectivity index (χ4v) is 2.16. The molecule has 2 N–H and O–H groups in total. The second-order valence-corrected chi connectivity index (χ2v) is 4.92. The van der Waals surface area contributed by atoms with Crippen molar-refractivity contribution in [1.29, 1.82) is 0 Å². The highest BCUT2D eigenvalue weighted by Gasteiger charge is 2.29. The molecule has 1 unspecified atom stereocenters. The van der Waals surface area contributed by atoms with Crippen molar-refractivity contribution in [2.45, 2.75) is 32.9 Å². The molecule has 0 bridgehead atoms. The zero-order chi connectivity index (χ0) is 13.6. The van der Waals surface area contributed by atoms with Crippen molar-refractivity contribution in [2.24, 2.45) is 5.73 Å². The molecule has 4 heteroatoms. The average molecular weight is 251 g/mol. The molecule has 0 radical (unpaired) electrons. The van der Waals surface area contributed by atoms with Gasteiger partial charge in [-0.15, -0.1) is 0 Å². The molecule has 1 atom stereocenters. The van der Waals surface area contributed by atoms with E-state index < -0.39 is 0 Å². The van der Waals surface area contributed by atoms with Gasteiger partial charge >= 0.3 is 0 Å². The van der Waals surface area contributed by atoms with Gasteiger partial charge in [0.1, 0.15) is 0 Å². The molecule has 0 aliphatic heterocycles. The molecule has 0 saturated carbocycles. The van der Waals surface area contributed by atoms with E-state index in [9.17, 15) is 0 Å². The Bertz CT molecular complexity index is 370. The summed E-state index contributed by atoms with van der Waals surface area (Å²) in [6, 6.07) is 6.11. The van der Waals surface area contributed by atoms with Crippen LogP contribution in [0.2, 0.25) is 0 Å². The van der Waals surface area contributed by atoms with Gasteiger partial charge in [0.05, 0.1) is 17.8 Å². The predicted octanol–water partition coefficient (Wildman–Crippen LogP) is 1.58. The van der Waals surface area contributed by atoms with Gasteiger partial charge in [-0.25, -0.2) is 0 Å². The molecule has 0 aromatic carbocycles. The molecule has 1 rings (SSSR count). The van der Waals surface area contributed by atoms with Crippen LogP contribution in [0, 0.1) is 6.92 Å². The van der Waals surface area contributed by atoms with Crippen LogP contribution in [0.4, 0.5) is 0 Å². The summed E-state index contributed by atoms with van der Waals surface area (Å²) in [4.78, 5) is 6.86. The van der Waals surface area contributed by atoms with Crippen LogP contribution >= 0.6 is 0 Å². The normalized spacial score (nSPS) is 14.8. The molecular weight excluding hydrogens is 226 g/mol. The maximum atomic E-state index is 5.91. The number of nitrogens with two attached hydrogens (primary N) is 1. The number of aryl methyl sites for hydroxylation is 1. The molecule has 102 valence electrons. The quantitative estimate of drug-likeness (QED) is 0.799. The van der Waals surface area contributed by atoms with E-state index in [1.165, 1.54) is 0 Å². The Morgan fingerprint density at radius 2 is 2.17 bits per heavy atom. The number of aromatic nitrogens is 1. The summed E-state index contributed by atoms with van der Waals surface area (Å²) >= 11 is 0. The standard InChI is InChI=1S/C14H25N3O/c1-5-17(14(3,10-15)11-18-4)9-13-8-6-7-12(2)16-13/h6-8H,5,9-11,15H2,1-4H3. The van der Waals surface area contributed by atoms with E-state index in [-0.39, 0.29) is 5.54 Å². The maximum Gasteiger partial charge on any atom is 0.0656 e. The van der Waals surface area contributed by atoms with Crippen molar-refractivity contribution in [3.63, 3.8) is 0 Å². The van der Waals surface area contributed by atoms with Gasteiger partial charge in [-0.3, -0.25) is 9.88 Å². The SMILES string of the molecule is CCN(Cc1cccc(C)n1)C(C)(CN)COC. The molecule has 0 saturated heterocycles. The molecule has 0 spiro atoms. The number of hydrogen-bond donors (Lipinski definition) is 1. The van der Waals surface area contributed by atoms with Gasteiger partial charge in [0.25, 0.3) is 0 Å². The number of ether oxygens (including phenoxy) is 1. The number of hydrogen-bond acceptors (Lipinski definition) is 4. The minimum atomic E-state index is -0.144. The number of methoxy groups -OCH3 is 1. The Balaban J connectivity index is 2.83. The molecule has 18 heavy (non-hydrogen) atoms. The Kier molecular flexibility index (Phi) is 5.72. The van der Waals surface area contributed by atoms with Crippen molar-refractivity contribution in [3.8, 4) is 0 Å². The van der Waals surface area contributed by atoms with E-state index in [4.69, 9.17) is 10.5 Å². The molecule has 1 aromatic rings. The fourth-order valence-electron chi connectivity index (χ4n) is 2.16. The first kappa shape index (κ1) is 15.1. The highest BCUT2D eigenvalue weighted by molar-refractivity contribution is 5.10. The van der Waals surface area contributed by atoms with Crippen molar-refractivity contribution in [1.82, 2.24) is 9.88 Å². The first-order valence-corrected chi connectivity index (χ1v) is 6.42. The van der Waals surface area contributed by atoms with Crippen LogP contribution in [-0.2, 0) is 11.3 Å². The molecular formula is C14H25N3O. The predicted molar refractivity (Wildman–Crippen MR) is 74.4 cm³/mol. The Labute approximate surface area is 110 Å². The second kappa shape index (κ2) is 6.83. The van der Waals surface area contributed by atoms with Crippen molar-refractivity contribution < 1.29 is 4.74 Å². The molecule has 1 heterocycles. The number of pyridine rings is 1. The van der Waals surface area contributed by atoms with Gasteiger partial charge in [0, 0.05) is 25.9 Å². The summed E-state index contributed by atoms with van der Waals surface area (Å²) in [6.45, 7) is 9.21.